The molecule has 26 heavy (non-hydrogen) atoms. The summed E-state index contributed by atoms with van der Waals surface area (Å²) in [5.41, 5.74) is 0.483. The van der Waals surface area contributed by atoms with Gasteiger partial charge in [-0.1, -0.05) is 18.2 Å². The zero-order valence-electron chi connectivity index (χ0n) is 14.9. The van der Waals surface area contributed by atoms with Crippen molar-refractivity contribution in [1.82, 2.24) is 15.5 Å². The summed E-state index contributed by atoms with van der Waals surface area (Å²) in [5.74, 6) is -0.377. The highest BCUT2D eigenvalue weighted by molar-refractivity contribution is 5.97. The van der Waals surface area contributed by atoms with Gasteiger partial charge in [-0.15, -0.1) is 0 Å². The van der Waals surface area contributed by atoms with Crippen LogP contribution in [0.1, 0.15) is 36.5 Å². The van der Waals surface area contributed by atoms with Crippen LogP contribution in [0.5, 0.6) is 0 Å². The van der Waals surface area contributed by atoms with Crippen molar-refractivity contribution in [2.75, 3.05) is 19.6 Å². The maximum absolute atomic E-state index is 12.4. The molecule has 7 nitrogen and oxygen atoms in total. The fourth-order valence-electron chi connectivity index (χ4n) is 3.13. The van der Waals surface area contributed by atoms with Gasteiger partial charge >= 0.3 is 0 Å². The summed E-state index contributed by atoms with van der Waals surface area (Å²) >= 11 is 0. The third-order valence-corrected chi connectivity index (χ3v) is 4.63. The second-order valence-electron chi connectivity index (χ2n) is 6.45. The molecular formula is C19H24N4O3. The number of likely N-dealkylation sites (tertiary alicyclic amines) is 1. The summed E-state index contributed by atoms with van der Waals surface area (Å²) in [5, 5.41) is 14.0. The van der Waals surface area contributed by atoms with Crippen molar-refractivity contribution in [3.8, 4) is 6.07 Å². The fraction of sp³-hybridized carbons (Fsp3) is 0.474. The number of carbonyl (C=O) groups is 3. The molecule has 0 spiro atoms. The average Bonchev–Trinajstić information content (AvgIpc) is 2.66. The molecule has 1 heterocycles. The van der Waals surface area contributed by atoms with E-state index >= 15 is 0 Å². The summed E-state index contributed by atoms with van der Waals surface area (Å²) in [6.45, 7) is 2.79. The topological polar surface area (TPSA) is 102 Å². The molecule has 1 aliphatic heterocycles. The Morgan fingerprint density at radius 1 is 1.23 bits per heavy atom. The van der Waals surface area contributed by atoms with E-state index < -0.39 is 6.04 Å². The van der Waals surface area contributed by atoms with Crippen molar-refractivity contribution in [3.63, 3.8) is 0 Å². The van der Waals surface area contributed by atoms with Crippen LogP contribution >= 0.6 is 0 Å². The first-order valence-electron chi connectivity index (χ1n) is 8.77. The fourth-order valence-corrected chi connectivity index (χ4v) is 3.13. The SMILES string of the molecule is CC(=O)N1CCC(C[C@H](NC(=O)c2ccccc2)C(=O)NCC#N)CC1. The third kappa shape index (κ3) is 5.59. The normalized spacial score (nSPS) is 15.6. The van der Waals surface area contributed by atoms with Crippen LogP contribution in [0.2, 0.25) is 0 Å². The number of hydrogen-bond donors (Lipinski definition) is 2. The first kappa shape index (κ1) is 19.4. The molecule has 1 aromatic carbocycles. The Labute approximate surface area is 153 Å². The minimum Gasteiger partial charge on any atom is -0.343 e. The van der Waals surface area contributed by atoms with Crippen LogP contribution in [0, 0.1) is 17.2 Å². The van der Waals surface area contributed by atoms with Gasteiger partial charge in [0.05, 0.1) is 6.07 Å². The second kappa shape index (κ2) is 9.56. The van der Waals surface area contributed by atoms with Crippen molar-refractivity contribution in [2.24, 2.45) is 5.92 Å². The summed E-state index contributed by atoms with van der Waals surface area (Å²) in [4.78, 5) is 38.0. The molecule has 1 aromatic rings. The molecule has 0 saturated carbocycles. The molecule has 1 aliphatic rings. The number of piperidine rings is 1. The number of hydrogen-bond acceptors (Lipinski definition) is 4. The van der Waals surface area contributed by atoms with Crippen LogP contribution in [-0.4, -0.2) is 48.3 Å². The molecule has 138 valence electrons. The van der Waals surface area contributed by atoms with E-state index in [4.69, 9.17) is 5.26 Å². The van der Waals surface area contributed by atoms with Crippen molar-refractivity contribution in [1.29, 1.82) is 5.26 Å². The molecule has 0 unspecified atom stereocenters. The number of benzene rings is 1. The van der Waals surface area contributed by atoms with Gasteiger partial charge in [0.15, 0.2) is 0 Å². The van der Waals surface area contributed by atoms with E-state index in [1.807, 2.05) is 12.1 Å². The van der Waals surface area contributed by atoms with Crippen LogP contribution in [0.25, 0.3) is 0 Å². The van der Waals surface area contributed by atoms with Crippen LogP contribution in [0.3, 0.4) is 0 Å². The summed E-state index contributed by atoms with van der Waals surface area (Å²) in [6, 6.07) is 9.88. The van der Waals surface area contributed by atoms with Gasteiger partial charge in [0.2, 0.25) is 11.8 Å². The quantitative estimate of drug-likeness (QED) is 0.744. The molecule has 0 aliphatic carbocycles. The number of nitriles is 1. The van der Waals surface area contributed by atoms with Crippen LogP contribution in [0.15, 0.2) is 30.3 Å². The number of carbonyl (C=O) groups excluding carboxylic acids is 3. The molecule has 0 bridgehead atoms. The van der Waals surface area contributed by atoms with Gasteiger partial charge in [-0.05, 0) is 37.3 Å². The van der Waals surface area contributed by atoms with Gasteiger partial charge in [-0.2, -0.15) is 5.26 Å². The Hall–Kier alpha value is -2.88. The van der Waals surface area contributed by atoms with Crippen molar-refractivity contribution < 1.29 is 14.4 Å². The molecule has 0 aromatic heterocycles. The van der Waals surface area contributed by atoms with Gasteiger partial charge in [-0.3, -0.25) is 14.4 Å². The highest BCUT2D eigenvalue weighted by atomic mass is 16.2. The van der Waals surface area contributed by atoms with Crippen molar-refractivity contribution in [3.05, 3.63) is 35.9 Å². The monoisotopic (exact) mass is 356 g/mol. The van der Waals surface area contributed by atoms with Gasteiger partial charge in [-0.25, -0.2) is 0 Å². The van der Waals surface area contributed by atoms with E-state index in [0.717, 1.165) is 12.8 Å². The van der Waals surface area contributed by atoms with Gasteiger partial charge in [0.25, 0.3) is 5.91 Å². The predicted molar refractivity (Wildman–Crippen MR) is 95.9 cm³/mol. The maximum atomic E-state index is 12.4. The molecule has 3 amide bonds. The lowest BCUT2D eigenvalue weighted by Crippen LogP contribution is -2.48. The summed E-state index contributed by atoms with van der Waals surface area (Å²) in [7, 11) is 0. The van der Waals surface area contributed by atoms with E-state index in [1.54, 1.807) is 36.1 Å². The van der Waals surface area contributed by atoms with E-state index in [9.17, 15) is 14.4 Å². The molecule has 1 atom stereocenters. The van der Waals surface area contributed by atoms with E-state index in [0.29, 0.717) is 25.1 Å². The average molecular weight is 356 g/mol. The number of rotatable bonds is 6. The highest BCUT2D eigenvalue weighted by Gasteiger charge is 2.28. The highest BCUT2D eigenvalue weighted by Crippen LogP contribution is 2.22. The Kier molecular flexibility index (Phi) is 7.15. The molecule has 0 radical (unpaired) electrons. The largest absolute Gasteiger partial charge is 0.343 e. The number of nitrogens with zero attached hydrogens (tertiary/aromatic N) is 2. The van der Waals surface area contributed by atoms with E-state index in [2.05, 4.69) is 10.6 Å². The number of amides is 3. The number of nitrogens with one attached hydrogen (secondary N) is 2. The molecule has 1 saturated heterocycles. The van der Waals surface area contributed by atoms with Gasteiger partial charge in [0.1, 0.15) is 12.6 Å². The van der Waals surface area contributed by atoms with Crippen molar-refractivity contribution in [2.45, 2.75) is 32.2 Å². The van der Waals surface area contributed by atoms with Crippen LogP contribution in [0.4, 0.5) is 0 Å². The van der Waals surface area contributed by atoms with Crippen molar-refractivity contribution >= 4 is 17.7 Å². The minimum atomic E-state index is -0.704. The lowest BCUT2D eigenvalue weighted by molar-refractivity contribution is -0.130. The van der Waals surface area contributed by atoms with E-state index in [-0.39, 0.29) is 30.2 Å². The lowest BCUT2D eigenvalue weighted by Gasteiger charge is -2.33. The maximum Gasteiger partial charge on any atom is 0.251 e. The van der Waals surface area contributed by atoms with Gasteiger partial charge in [0, 0.05) is 25.6 Å². The summed E-state index contributed by atoms with van der Waals surface area (Å²) < 4.78 is 0. The minimum absolute atomic E-state index is 0.0594. The molecule has 2 rings (SSSR count). The van der Waals surface area contributed by atoms with Crippen LogP contribution in [-0.2, 0) is 9.59 Å². The zero-order valence-corrected chi connectivity index (χ0v) is 14.9. The summed E-state index contributed by atoms with van der Waals surface area (Å²) in [6.07, 6.45) is 2.08. The Bertz CT molecular complexity index is 676. The van der Waals surface area contributed by atoms with Crippen LogP contribution < -0.4 is 10.6 Å². The Morgan fingerprint density at radius 2 is 1.88 bits per heavy atom. The first-order chi connectivity index (χ1) is 12.5. The Balaban J connectivity index is 2.00. The first-order valence-corrected chi connectivity index (χ1v) is 8.77. The molecule has 7 heteroatoms. The Morgan fingerprint density at radius 3 is 2.46 bits per heavy atom. The molecular weight excluding hydrogens is 332 g/mol. The smallest absolute Gasteiger partial charge is 0.251 e. The zero-order chi connectivity index (χ0) is 18.9. The predicted octanol–water partition coefficient (Wildman–Crippen LogP) is 1.07. The van der Waals surface area contributed by atoms with Gasteiger partial charge < -0.3 is 15.5 Å². The standard InChI is InChI=1S/C19H24N4O3/c1-14(24)23-11-7-15(8-12-23)13-17(19(26)21-10-9-20)22-18(25)16-5-3-2-4-6-16/h2-6,15,17H,7-8,10-13H2,1H3,(H,21,26)(H,22,25)/t17-/m0/s1. The third-order valence-electron chi connectivity index (χ3n) is 4.63. The second-order valence-corrected chi connectivity index (χ2v) is 6.45. The molecule has 1 fully saturated rings. The lowest BCUT2D eigenvalue weighted by atomic mass is 9.89. The molecule has 2 N–H and O–H groups in total. The van der Waals surface area contributed by atoms with E-state index in [1.165, 1.54) is 0 Å².